The van der Waals surface area contributed by atoms with Crippen molar-refractivity contribution in [2.75, 3.05) is 0 Å². The minimum atomic E-state index is -1.61. The number of hydrogen-bond acceptors (Lipinski definition) is 7. The number of benzene rings is 1. The van der Waals surface area contributed by atoms with Crippen LogP contribution in [0.5, 0.6) is 17.2 Å². The Morgan fingerprint density at radius 3 is 2.00 bits per heavy atom. The van der Waals surface area contributed by atoms with Crippen molar-refractivity contribution >= 4 is 5.97 Å². The molecule has 18 heavy (non-hydrogen) atoms. The third-order valence-corrected chi connectivity index (χ3v) is 1.66. The molecule has 0 aliphatic heterocycles. The number of carboxylic acid groups (broad SMARTS) is 1. The van der Waals surface area contributed by atoms with E-state index in [0.717, 1.165) is 12.1 Å². The summed E-state index contributed by atoms with van der Waals surface area (Å²) in [7, 11) is 0. The summed E-state index contributed by atoms with van der Waals surface area (Å²) in [5, 5.41) is 16.9. The Hall–Kier alpha value is -2.24. The Morgan fingerprint density at radius 2 is 1.50 bits per heavy atom. The highest BCUT2D eigenvalue weighted by molar-refractivity contribution is 5.92. The van der Waals surface area contributed by atoms with E-state index < -0.39 is 28.8 Å². The second kappa shape index (κ2) is 6.48. The first kappa shape index (κ1) is 13.8. The van der Waals surface area contributed by atoms with Crippen LogP contribution in [0.15, 0.2) is 12.1 Å². The first-order valence-electron chi connectivity index (χ1n) is 3.91. The van der Waals surface area contributed by atoms with Crippen LogP contribution in [0, 0.1) is 0 Å². The van der Waals surface area contributed by atoms with Gasteiger partial charge in [0.25, 0.3) is 5.75 Å². The van der Waals surface area contributed by atoms with E-state index in [1.807, 2.05) is 0 Å². The van der Waals surface area contributed by atoms with Crippen molar-refractivity contribution in [2.24, 2.45) is 0 Å². The lowest BCUT2D eigenvalue weighted by atomic mass is 10.2. The van der Waals surface area contributed by atoms with Gasteiger partial charge in [0.1, 0.15) is 5.56 Å². The Balaban J connectivity index is 3.33. The molecule has 1 aromatic rings. The second-order valence-electron chi connectivity index (χ2n) is 2.51. The van der Waals surface area contributed by atoms with Crippen molar-refractivity contribution in [3.8, 4) is 17.2 Å². The van der Waals surface area contributed by atoms with Gasteiger partial charge in [-0.15, -0.1) is 0 Å². The maximum Gasteiger partial charge on any atom is 0.339 e. The molecular formula is C7H3F3O8. The second-order valence-corrected chi connectivity index (χ2v) is 2.51. The van der Waals surface area contributed by atoms with Gasteiger partial charge < -0.3 is 9.99 Å². The summed E-state index contributed by atoms with van der Waals surface area (Å²) in [6.07, 6.45) is 0. The fourth-order valence-corrected chi connectivity index (χ4v) is 1.04. The molecule has 0 saturated carbocycles. The van der Waals surface area contributed by atoms with E-state index in [2.05, 4.69) is 29.9 Å². The highest BCUT2D eigenvalue weighted by atomic mass is 19.3. The van der Waals surface area contributed by atoms with Gasteiger partial charge in [-0.1, -0.05) is 0 Å². The summed E-state index contributed by atoms with van der Waals surface area (Å²) in [6, 6.07) is 1.58. The van der Waals surface area contributed by atoms with Crippen LogP contribution in [-0.2, 0) is 15.3 Å². The van der Waals surface area contributed by atoms with Crippen LogP contribution in [0.2, 0.25) is 0 Å². The summed E-state index contributed by atoms with van der Waals surface area (Å²) in [4.78, 5) is 22.1. The topological polar surface area (TPSA) is 92.7 Å². The predicted molar refractivity (Wildman–Crippen MR) is 41.9 cm³/mol. The molecule has 100 valence electrons. The highest BCUT2D eigenvalue weighted by Gasteiger charge is 2.25. The molecule has 0 atom stereocenters. The van der Waals surface area contributed by atoms with Crippen LogP contribution >= 0.6 is 0 Å². The predicted octanol–water partition coefficient (Wildman–Crippen LogP) is 1.97. The van der Waals surface area contributed by atoms with E-state index in [-0.39, 0.29) is 0 Å². The van der Waals surface area contributed by atoms with Crippen LogP contribution < -0.4 is 14.7 Å². The number of carboxylic acids is 1. The molecule has 0 fully saturated rings. The van der Waals surface area contributed by atoms with E-state index in [0.29, 0.717) is 0 Å². The van der Waals surface area contributed by atoms with E-state index >= 15 is 0 Å². The average Bonchev–Trinajstić information content (AvgIpc) is 2.33. The minimum Gasteiger partial charge on any atom is -0.478 e. The standard InChI is InChI=1S/C7H3F3O8/c8-16-13-4-2-1-3(7(11)12)5(14-17-9)6(4)15-18-10/h1-2H,(H,11,12). The van der Waals surface area contributed by atoms with Crippen LogP contribution in [-0.4, -0.2) is 11.1 Å². The SMILES string of the molecule is O=C(O)c1ccc(OOF)c(OOF)c1OOF. The van der Waals surface area contributed by atoms with Gasteiger partial charge in [0.2, 0.25) is 11.5 Å². The Morgan fingerprint density at radius 1 is 0.944 bits per heavy atom. The first-order valence-corrected chi connectivity index (χ1v) is 3.91. The average molecular weight is 272 g/mol. The van der Waals surface area contributed by atoms with E-state index in [1.54, 1.807) is 0 Å². The van der Waals surface area contributed by atoms with Gasteiger partial charge >= 0.3 is 5.97 Å². The van der Waals surface area contributed by atoms with Gasteiger partial charge in [-0.2, -0.15) is 0 Å². The van der Waals surface area contributed by atoms with E-state index in [4.69, 9.17) is 5.11 Å². The van der Waals surface area contributed by atoms with Gasteiger partial charge in [0.05, 0.1) is 0 Å². The number of aromatic carboxylic acids is 1. The minimum absolute atomic E-state index is 0.716. The quantitative estimate of drug-likeness (QED) is 0.594. The molecule has 0 bridgehead atoms. The fourth-order valence-electron chi connectivity index (χ4n) is 1.04. The maximum absolute atomic E-state index is 11.6. The van der Waals surface area contributed by atoms with Crippen LogP contribution in [0.25, 0.3) is 0 Å². The molecule has 0 aliphatic rings. The van der Waals surface area contributed by atoms with Gasteiger partial charge in [0, 0.05) is 15.3 Å². The number of hydrogen-bond donors (Lipinski definition) is 1. The molecule has 8 nitrogen and oxygen atoms in total. The van der Waals surface area contributed by atoms with E-state index in [1.165, 1.54) is 0 Å². The molecule has 0 spiro atoms. The number of halogens is 3. The van der Waals surface area contributed by atoms with Crippen LogP contribution in [0.4, 0.5) is 13.6 Å². The Bertz CT molecular complexity index is 425. The van der Waals surface area contributed by atoms with Crippen LogP contribution in [0.1, 0.15) is 10.4 Å². The molecule has 0 unspecified atom stereocenters. The molecule has 0 amide bonds. The normalized spacial score (nSPS) is 9.94. The maximum atomic E-state index is 11.6. The molecule has 1 rings (SSSR count). The Labute approximate surface area is 95.4 Å². The van der Waals surface area contributed by atoms with E-state index in [9.17, 15) is 18.4 Å². The molecule has 0 aromatic heterocycles. The monoisotopic (exact) mass is 272 g/mol. The molecule has 1 aromatic carbocycles. The number of carbonyl (C=O) groups is 1. The van der Waals surface area contributed by atoms with Crippen LogP contribution in [0.3, 0.4) is 0 Å². The lowest BCUT2D eigenvalue weighted by Crippen LogP contribution is -2.05. The Kier molecular flexibility index (Phi) is 4.98. The first-order chi connectivity index (χ1) is 8.65. The summed E-state index contributed by atoms with van der Waals surface area (Å²) >= 11 is 0. The third-order valence-electron chi connectivity index (χ3n) is 1.66. The van der Waals surface area contributed by atoms with Gasteiger partial charge in [0.15, 0.2) is 0 Å². The highest BCUT2D eigenvalue weighted by Crippen LogP contribution is 2.41. The molecular weight excluding hydrogens is 269 g/mol. The summed E-state index contributed by atoms with van der Waals surface area (Å²) < 4.78 is 34.7. The summed E-state index contributed by atoms with van der Waals surface area (Å²) in [5.41, 5.74) is -0.717. The van der Waals surface area contributed by atoms with Crippen molar-refractivity contribution in [3.05, 3.63) is 17.7 Å². The lowest BCUT2D eigenvalue weighted by molar-refractivity contribution is -0.390. The van der Waals surface area contributed by atoms with Crippen molar-refractivity contribution in [1.29, 1.82) is 0 Å². The number of rotatable bonds is 7. The molecule has 0 saturated heterocycles. The zero-order chi connectivity index (χ0) is 13.5. The van der Waals surface area contributed by atoms with Crippen molar-refractivity contribution in [1.82, 2.24) is 0 Å². The lowest BCUT2D eigenvalue weighted by Gasteiger charge is -2.09. The van der Waals surface area contributed by atoms with Gasteiger partial charge in [-0.05, 0) is 25.7 Å². The van der Waals surface area contributed by atoms with Crippen molar-refractivity contribution in [3.63, 3.8) is 0 Å². The van der Waals surface area contributed by atoms with Gasteiger partial charge in [-0.3, -0.25) is 9.78 Å². The zero-order valence-corrected chi connectivity index (χ0v) is 8.09. The molecule has 0 radical (unpaired) electrons. The van der Waals surface area contributed by atoms with Crippen molar-refractivity contribution in [2.45, 2.75) is 0 Å². The molecule has 1 N–H and O–H groups in total. The summed E-state index contributed by atoms with van der Waals surface area (Å²) in [5.74, 6) is -4.30. The summed E-state index contributed by atoms with van der Waals surface area (Å²) in [6.45, 7) is 0. The zero-order valence-electron chi connectivity index (χ0n) is 8.09. The third kappa shape index (κ3) is 2.91. The smallest absolute Gasteiger partial charge is 0.339 e. The molecule has 11 heteroatoms. The molecule has 0 heterocycles. The fraction of sp³-hybridized carbons (Fsp3) is 0. The molecule has 0 aliphatic carbocycles. The largest absolute Gasteiger partial charge is 0.478 e. The van der Waals surface area contributed by atoms with Crippen molar-refractivity contribution < 1.29 is 53.4 Å². The van der Waals surface area contributed by atoms with Gasteiger partial charge in [-0.25, -0.2) is 4.79 Å².